The highest BCUT2D eigenvalue weighted by atomic mass is 35.5. The highest BCUT2D eigenvalue weighted by Crippen LogP contribution is 2.32. The predicted molar refractivity (Wildman–Crippen MR) is 70.8 cm³/mol. The Labute approximate surface area is 122 Å². The summed E-state index contributed by atoms with van der Waals surface area (Å²) in [6, 6.07) is 4.18. The van der Waals surface area contributed by atoms with Gasteiger partial charge in [-0.25, -0.2) is 9.97 Å². The Morgan fingerprint density at radius 1 is 1.10 bits per heavy atom. The topological polar surface area (TPSA) is 37.8 Å². The Kier molecular flexibility index (Phi) is 4.35. The van der Waals surface area contributed by atoms with Crippen LogP contribution in [0.15, 0.2) is 30.6 Å². The molecule has 2 aromatic rings. The molecule has 0 saturated heterocycles. The molecule has 0 aliphatic heterocycles. The number of hydrogen-bond acceptors (Lipinski definition) is 3. The molecule has 0 unspecified atom stereocenters. The van der Waals surface area contributed by atoms with Gasteiger partial charge in [0.15, 0.2) is 0 Å². The Hall–Kier alpha value is -1.53. The number of nitrogens with zero attached hydrogens (tertiary/aromatic N) is 2. The second-order valence-corrected chi connectivity index (χ2v) is 4.69. The van der Waals surface area contributed by atoms with Crippen LogP contribution in [0.3, 0.4) is 0 Å². The van der Waals surface area contributed by atoms with Crippen molar-refractivity contribution >= 4 is 29.0 Å². The average Bonchev–Trinajstić information content (AvgIpc) is 2.38. The van der Waals surface area contributed by atoms with Gasteiger partial charge in [-0.2, -0.15) is 13.2 Å². The molecule has 0 aromatic carbocycles. The van der Waals surface area contributed by atoms with Gasteiger partial charge >= 0.3 is 6.18 Å². The normalized spacial score (nSPS) is 11.4. The predicted octanol–water partition coefficient (Wildman–Crippen LogP) is 4.41. The van der Waals surface area contributed by atoms with E-state index in [9.17, 15) is 13.2 Å². The first kappa shape index (κ1) is 14.9. The second-order valence-electron chi connectivity index (χ2n) is 3.89. The summed E-state index contributed by atoms with van der Waals surface area (Å²) in [5.74, 6) is 0.176. The molecule has 2 rings (SSSR count). The van der Waals surface area contributed by atoms with E-state index in [1.54, 1.807) is 18.3 Å². The minimum absolute atomic E-state index is 0.0956. The van der Waals surface area contributed by atoms with E-state index in [4.69, 9.17) is 23.2 Å². The number of aromatic nitrogens is 2. The lowest BCUT2D eigenvalue weighted by molar-refractivity contribution is -0.137. The molecule has 0 atom stereocenters. The molecule has 3 nitrogen and oxygen atoms in total. The fourth-order valence-corrected chi connectivity index (χ4v) is 1.76. The van der Waals surface area contributed by atoms with Gasteiger partial charge in [-0.3, -0.25) is 0 Å². The van der Waals surface area contributed by atoms with E-state index in [1.165, 1.54) is 0 Å². The van der Waals surface area contributed by atoms with Crippen LogP contribution in [-0.4, -0.2) is 9.97 Å². The summed E-state index contributed by atoms with van der Waals surface area (Å²) < 4.78 is 37.3. The van der Waals surface area contributed by atoms with Crippen molar-refractivity contribution in [2.75, 3.05) is 5.32 Å². The molecule has 0 spiro atoms. The lowest BCUT2D eigenvalue weighted by Crippen LogP contribution is -2.08. The third-order valence-electron chi connectivity index (χ3n) is 2.42. The molecule has 0 saturated carbocycles. The Bertz CT molecular complexity index is 600. The van der Waals surface area contributed by atoms with Crippen LogP contribution < -0.4 is 5.32 Å². The molecule has 0 fully saturated rings. The third-order valence-corrected chi connectivity index (χ3v) is 2.93. The number of halogens is 5. The Balaban J connectivity index is 2.08. The Morgan fingerprint density at radius 3 is 2.40 bits per heavy atom. The number of hydrogen-bond donors (Lipinski definition) is 1. The molecule has 0 bridgehead atoms. The van der Waals surface area contributed by atoms with Crippen molar-refractivity contribution in [2.24, 2.45) is 0 Å². The first-order valence-corrected chi connectivity index (χ1v) is 6.19. The zero-order chi connectivity index (χ0) is 14.8. The minimum Gasteiger partial charge on any atom is -0.365 e. The smallest absolute Gasteiger partial charge is 0.365 e. The molecule has 0 aliphatic rings. The third kappa shape index (κ3) is 3.74. The summed E-state index contributed by atoms with van der Waals surface area (Å²) in [6.45, 7) is 0.322. The lowest BCUT2D eigenvalue weighted by Gasteiger charge is -2.10. The van der Waals surface area contributed by atoms with Gasteiger partial charge in [-0.15, -0.1) is 0 Å². The van der Waals surface area contributed by atoms with E-state index in [1.807, 2.05) is 0 Å². The molecule has 0 radical (unpaired) electrons. The summed E-state index contributed by atoms with van der Waals surface area (Å²) in [5, 5.41) is 3.10. The zero-order valence-electron chi connectivity index (χ0n) is 9.88. The van der Waals surface area contributed by atoms with E-state index in [0.717, 1.165) is 17.8 Å². The average molecular weight is 322 g/mol. The molecule has 2 heterocycles. The maximum Gasteiger partial charge on any atom is 0.417 e. The summed E-state index contributed by atoms with van der Waals surface area (Å²) in [5.41, 5.74) is -0.0895. The van der Waals surface area contributed by atoms with Crippen molar-refractivity contribution in [3.8, 4) is 0 Å². The van der Waals surface area contributed by atoms with Crippen LogP contribution in [0.1, 0.15) is 11.1 Å². The summed E-state index contributed by atoms with van der Waals surface area (Å²) in [6.07, 6.45) is -2.18. The van der Waals surface area contributed by atoms with Gasteiger partial charge < -0.3 is 5.32 Å². The molecule has 1 N–H and O–H groups in total. The van der Waals surface area contributed by atoms with Crippen molar-refractivity contribution in [1.29, 1.82) is 0 Å². The van der Waals surface area contributed by atoms with Crippen LogP contribution in [0.2, 0.25) is 10.2 Å². The van der Waals surface area contributed by atoms with Gasteiger partial charge in [0.1, 0.15) is 11.0 Å². The second kappa shape index (κ2) is 5.85. The fraction of sp³-hybridized carbons (Fsp3) is 0.167. The number of rotatable bonds is 3. The highest BCUT2D eigenvalue weighted by molar-refractivity contribution is 6.33. The summed E-state index contributed by atoms with van der Waals surface area (Å²) >= 11 is 11.4. The SMILES string of the molecule is FC(F)(F)c1cnc(NCc2ccc(Cl)nc2)c(Cl)c1. The van der Waals surface area contributed by atoms with E-state index < -0.39 is 11.7 Å². The van der Waals surface area contributed by atoms with Gasteiger partial charge in [0.2, 0.25) is 0 Å². The fourth-order valence-electron chi connectivity index (χ4n) is 1.42. The molecule has 106 valence electrons. The van der Waals surface area contributed by atoms with Gasteiger partial charge in [-0.05, 0) is 17.7 Å². The van der Waals surface area contributed by atoms with E-state index >= 15 is 0 Å². The van der Waals surface area contributed by atoms with E-state index in [2.05, 4.69) is 15.3 Å². The minimum atomic E-state index is -4.46. The largest absolute Gasteiger partial charge is 0.417 e. The molecule has 0 aliphatic carbocycles. The number of pyridine rings is 2. The monoisotopic (exact) mass is 321 g/mol. The first-order valence-electron chi connectivity index (χ1n) is 5.43. The van der Waals surface area contributed by atoms with Crippen molar-refractivity contribution in [2.45, 2.75) is 12.7 Å². The van der Waals surface area contributed by atoms with Gasteiger partial charge in [0.25, 0.3) is 0 Å². The summed E-state index contributed by atoms with van der Waals surface area (Å²) in [7, 11) is 0. The van der Waals surface area contributed by atoms with Gasteiger partial charge in [0, 0.05) is 18.9 Å². The lowest BCUT2D eigenvalue weighted by atomic mass is 10.2. The number of nitrogens with one attached hydrogen (secondary N) is 1. The van der Waals surface area contributed by atoms with Crippen molar-refractivity contribution in [3.05, 3.63) is 51.9 Å². The van der Waals surface area contributed by atoms with Crippen molar-refractivity contribution in [1.82, 2.24) is 9.97 Å². The zero-order valence-corrected chi connectivity index (χ0v) is 11.4. The standard InChI is InChI=1S/C12H8Cl2F3N3/c13-9-3-8(12(15,16)17)6-20-11(9)19-5-7-1-2-10(14)18-4-7/h1-4,6H,5H2,(H,19,20). The van der Waals surface area contributed by atoms with Crippen molar-refractivity contribution < 1.29 is 13.2 Å². The van der Waals surface area contributed by atoms with Crippen LogP contribution in [0.25, 0.3) is 0 Å². The highest BCUT2D eigenvalue weighted by Gasteiger charge is 2.31. The van der Waals surface area contributed by atoms with Crippen LogP contribution in [0.4, 0.5) is 19.0 Å². The van der Waals surface area contributed by atoms with Crippen molar-refractivity contribution in [3.63, 3.8) is 0 Å². The molecule has 8 heteroatoms. The number of anilines is 1. The van der Waals surface area contributed by atoms with E-state index in [0.29, 0.717) is 11.7 Å². The number of alkyl halides is 3. The molecule has 2 aromatic heterocycles. The van der Waals surface area contributed by atoms with Crippen LogP contribution in [0.5, 0.6) is 0 Å². The molecule has 20 heavy (non-hydrogen) atoms. The van der Waals surface area contributed by atoms with Crippen LogP contribution >= 0.6 is 23.2 Å². The molecule has 0 amide bonds. The first-order chi connectivity index (χ1) is 9.36. The van der Waals surface area contributed by atoms with Gasteiger partial charge in [-0.1, -0.05) is 29.3 Å². The maximum absolute atomic E-state index is 12.4. The molecular weight excluding hydrogens is 314 g/mol. The maximum atomic E-state index is 12.4. The van der Waals surface area contributed by atoms with Crippen LogP contribution in [0, 0.1) is 0 Å². The van der Waals surface area contributed by atoms with Crippen LogP contribution in [-0.2, 0) is 12.7 Å². The van der Waals surface area contributed by atoms with E-state index in [-0.39, 0.29) is 10.8 Å². The Morgan fingerprint density at radius 2 is 1.85 bits per heavy atom. The van der Waals surface area contributed by atoms with Gasteiger partial charge in [0.05, 0.1) is 10.6 Å². The quantitative estimate of drug-likeness (QED) is 0.851. The molecular formula is C12H8Cl2F3N3. The summed E-state index contributed by atoms with van der Waals surface area (Å²) in [4.78, 5) is 7.55.